The van der Waals surface area contributed by atoms with Crippen molar-refractivity contribution in [3.8, 4) is 0 Å². The fraction of sp³-hybridized carbons (Fsp3) is 0.200. The van der Waals surface area contributed by atoms with Crippen molar-refractivity contribution in [3.63, 3.8) is 0 Å². The summed E-state index contributed by atoms with van der Waals surface area (Å²) in [4.78, 5) is 20.3. The van der Waals surface area contributed by atoms with Gasteiger partial charge in [-0.05, 0) is 25.5 Å². The van der Waals surface area contributed by atoms with Gasteiger partial charge in [0.15, 0.2) is 0 Å². The quantitative estimate of drug-likeness (QED) is 0.427. The highest BCUT2D eigenvalue weighted by Gasteiger charge is 1.95. The largest absolute Gasteiger partial charge is 0.478 e. The molecule has 0 aliphatic carbocycles. The standard InChI is InChI=1S/C10H11FO3/c1-7(5-10(13)14)3-4-9(11)8(2)6-12/h3-6H,1-2H3,(H,13,14)/b4-3+,7-5+,9-8+. The van der Waals surface area contributed by atoms with Gasteiger partial charge in [0.05, 0.1) is 0 Å². The van der Waals surface area contributed by atoms with Crippen molar-refractivity contribution in [1.29, 1.82) is 0 Å². The molecule has 4 heteroatoms. The second-order valence-electron chi connectivity index (χ2n) is 2.71. The van der Waals surface area contributed by atoms with Crippen LogP contribution < -0.4 is 0 Å². The number of aldehydes is 1. The molecular formula is C10H11FO3. The van der Waals surface area contributed by atoms with Gasteiger partial charge in [-0.1, -0.05) is 6.08 Å². The van der Waals surface area contributed by atoms with Gasteiger partial charge < -0.3 is 5.11 Å². The predicted octanol–water partition coefficient (Wildman–Crippen LogP) is 2.02. The number of hydrogen-bond acceptors (Lipinski definition) is 2. The van der Waals surface area contributed by atoms with E-state index in [4.69, 9.17) is 5.11 Å². The third-order valence-electron chi connectivity index (χ3n) is 1.40. The summed E-state index contributed by atoms with van der Waals surface area (Å²) in [6, 6.07) is 0. The van der Waals surface area contributed by atoms with Gasteiger partial charge in [0, 0.05) is 11.6 Å². The van der Waals surface area contributed by atoms with E-state index in [1.165, 1.54) is 19.9 Å². The number of carboxylic acid groups (broad SMARTS) is 1. The molecule has 0 aromatic rings. The Hall–Kier alpha value is -1.71. The first kappa shape index (κ1) is 12.3. The molecule has 0 unspecified atom stereocenters. The SMILES string of the molecule is CC(/C=C/C(F)=C(/C)C=O)=C\C(=O)O. The van der Waals surface area contributed by atoms with Crippen LogP contribution in [0.3, 0.4) is 0 Å². The number of carbonyl (C=O) groups is 2. The average Bonchev–Trinajstić information content (AvgIpc) is 2.11. The van der Waals surface area contributed by atoms with E-state index in [0.29, 0.717) is 11.9 Å². The maximum atomic E-state index is 12.9. The Labute approximate surface area is 81.2 Å². The number of allylic oxidation sites excluding steroid dienone is 5. The van der Waals surface area contributed by atoms with Gasteiger partial charge in [-0.25, -0.2) is 9.18 Å². The molecule has 0 saturated heterocycles. The molecule has 0 aliphatic heterocycles. The average molecular weight is 198 g/mol. The van der Waals surface area contributed by atoms with Crippen LogP contribution in [0.15, 0.2) is 35.2 Å². The molecule has 0 spiro atoms. The summed E-state index contributed by atoms with van der Waals surface area (Å²) < 4.78 is 12.9. The van der Waals surface area contributed by atoms with Gasteiger partial charge in [0.2, 0.25) is 0 Å². The summed E-state index contributed by atoms with van der Waals surface area (Å²) in [6.45, 7) is 2.86. The summed E-state index contributed by atoms with van der Waals surface area (Å²) in [5.41, 5.74) is 0.371. The Bertz CT molecular complexity index is 324. The molecule has 14 heavy (non-hydrogen) atoms. The Morgan fingerprint density at radius 2 is 1.86 bits per heavy atom. The van der Waals surface area contributed by atoms with Gasteiger partial charge in [-0.3, -0.25) is 4.79 Å². The Morgan fingerprint density at radius 1 is 1.29 bits per heavy atom. The summed E-state index contributed by atoms with van der Waals surface area (Å²) in [5, 5.41) is 8.33. The zero-order valence-electron chi connectivity index (χ0n) is 7.95. The number of halogens is 1. The van der Waals surface area contributed by atoms with Crippen molar-refractivity contribution in [3.05, 3.63) is 35.2 Å². The fourth-order valence-corrected chi connectivity index (χ4v) is 0.635. The lowest BCUT2D eigenvalue weighted by Gasteiger charge is -1.91. The highest BCUT2D eigenvalue weighted by molar-refractivity contribution is 5.81. The minimum absolute atomic E-state index is 0.0237. The van der Waals surface area contributed by atoms with E-state index in [2.05, 4.69) is 0 Å². The van der Waals surface area contributed by atoms with Gasteiger partial charge in [0.25, 0.3) is 0 Å². The molecule has 0 aliphatic rings. The van der Waals surface area contributed by atoms with E-state index in [1.807, 2.05) is 0 Å². The van der Waals surface area contributed by atoms with Crippen LogP contribution in [-0.2, 0) is 9.59 Å². The molecule has 0 fully saturated rings. The van der Waals surface area contributed by atoms with Gasteiger partial charge >= 0.3 is 5.97 Å². The first-order valence-corrected chi connectivity index (χ1v) is 3.88. The Balaban J connectivity index is 4.61. The van der Waals surface area contributed by atoms with Gasteiger partial charge in [0.1, 0.15) is 12.1 Å². The summed E-state index contributed by atoms with van der Waals surface area (Å²) in [7, 11) is 0. The van der Waals surface area contributed by atoms with E-state index in [0.717, 1.165) is 12.2 Å². The minimum atomic E-state index is -1.09. The second kappa shape index (κ2) is 5.85. The van der Waals surface area contributed by atoms with E-state index in [1.54, 1.807) is 0 Å². The van der Waals surface area contributed by atoms with Crippen LogP contribution in [0.25, 0.3) is 0 Å². The summed E-state index contributed by atoms with van der Waals surface area (Å²) in [6.07, 6.45) is 3.69. The number of carbonyl (C=O) groups excluding carboxylic acids is 1. The van der Waals surface area contributed by atoms with Crippen LogP contribution >= 0.6 is 0 Å². The lowest BCUT2D eigenvalue weighted by Crippen LogP contribution is -1.88. The number of rotatable bonds is 4. The second-order valence-corrected chi connectivity index (χ2v) is 2.71. The minimum Gasteiger partial charge on any atom is -0.478 e. The van der Waals surface area contributed by atoms with Crippen LogP contribution in [0.5, 0.6) is 0 Å². The Kier molecular flexibility index (Phi) is 5.14. The van der Waals surface area contributed by atoms with Crippen molar-refractivity contribution >= 4 is 12.3 Å². The molecular weight excluding hydrogens is 187 g/mol. The van der Waals surface area contributed by atoms with Crippen molar-refractivity contribution < 1.29 is 19.1 Å². The molecule has 0 aromatic heterocycles. The van der Waals surface area contributed by atoms with Crippen LogP contribution in [0.4, 0.5) is 4.39 Å². The molecule has 0 bridgehead atoms. The molecule has 0 atom stereocenters. The maximum absolute atomic E-state index is 12.9. The molecule has 0 aromatic carbocycles. The van der Waals surface area contributed by atoms with Crippen molar-refractivity contribution in [2.45, 2.75) is 13.8 Å². The molecule has 0 heterocycles. The van der Waals surface area contributed by atoms with E-state index < -0.39 is 11.8 Å². The molecule has 76 valence electrons. The number of aliphatic carboxylic acids is 1. The zero-order chi connectivity index (χ0) is 11.1. The molecule has 0 amide bonds. The predicted molar refractivity (Wildman–Crippen MR) is 50.4 cm³/mol. The first-order chi connectivity index (χ1) is 6.47. The van der Waals surface area contributed by atoms with Crippen LogP contribution in [0, 0.1) is 0 Å². The maximum Gasteiger partial charge on any atom is 0.328 e. The monoisotopic (exact) mass is 198 g/mol. The van der Waals surface area contributed by atoms with Crippen molar-refractivity contribution in [2.75, 3.05) is 0 Å². The van der Waals surface area contributed by atoms with Crippen molar-refractivity contribution in [2.24, 2.45) is 0 Å². The fourth-order valence-electron chi connectivity index (χ4n) is 0.635. The highest BCUT2D eigenvalue weighted by Crippen LogP contribution is 2.07. The number of hydrogen-bond donors (Lipinski definition) is 1. The van der Waals surface area contributed by atoms with E-state index in [-0.39, 0.29) is 5.57 Å². The topological polar surface area (TPSA) is 54.4 Å². The summed E-state index contributed by atoms with van der Waals surface area (Å²) in [5.74, 6) is -1.76. The Morgan fingerprint density at radius 3 is 2.29 bits per heavy atom. The molecule has 0 radical (unpaired) electrons. The smallest absolute Gasteiger partial charge is 0.328 e. The molecule has 0 saturated carbocycles. The van der Waals surface area contributed by atoms with E-state index in [9.17, 15) is 14.0 Å². The zero-order valence-corrected chi connectivity index (χ0v) is 7.95. The lowest BCUT2D eigenvalue weighted by molar-refractivity contribution is -0.131. The van der Waals surface area contributed by atoms with Crippen LogP contribution in [0.2, 0.25) is 0 Å². The third-order valence-corrected chi connectivity index (χ3v) is 1.40. The van der Waals surface area contributed by atoms with Crippen LogP contribution in [0.1, 0.15) is 13.8 Å². The molecule has 3 nitrogen and oxygen atoms in total. The lowest BCUT2D eigenvalue weighted by atomic mass is 10.2. The molecule has 0 rings (SSSR count). The van der Waals surface area contributed by atoms with Gasteiger partial charge in [-0.15, -0.1) is 0 Å². The first-order valence-electron chi connectivity index (χ1n) is 3.88. The molecule has 1 N–H and O–H groups in total. The normalized spacial score (nSPS) is 14.1. The van der Waals surface area contributed by atoms with Crippen LogP contribution in [-0.4, -0.2) is 17.4 Å². The number of carboxylic acids is 1. The van der Waals surface area contributed by atoms with Gasteiger partial charge in [-0.2, -0.15) is 0 Å². The third kappa shape index (κ3) is 5.03. The van der Waals surface area contributed by atoms with Crippen molar-refractivity contribution in [1.82, 2.24) is 0 Å². The highest BCUT2D eigenvalue weighted by atomic mass is 19.1. The summed E-state index contributed by atoms with van der Waals surface area (Å²) >= 11 is 0. The van der Waals surface area contributed by atoms with E-state index >= 15 is 0 Å².